The van der Waals surface area contributed by atoms with Crippen molar-refractivity contribution < 1.29 is 14.3 Å². The summed E-state index contributed by atoms with van der Waals surface area (Å²) in [5.74, 6) is 3.86. The van der Waals surface area contributed by atoms with Crippen LogP contribution in [0.1, 0.15) is 91.4 Å². The third kappa shape index (κ3) is 3.06. The number of carbonyl (C=O) groups excluding carboxylic acids is 2. The fourth-order valence-corrected chi connectivity index (χ4v) is 8.59. The number of ketones is 1. The number of hydrogen-bond acceptors (Lipinski definition) is 3. The van der Waals surface area contributed by atoms with Crippen molar-refractivity contribution in [1.29, 1.82) is 0 Å². The highest BCUT2D eigenvalue weighted by atomic mass is 16.5. The molecule has 3 nitrogen and oxygen atoms in total. The first-order valence-corrected chi connectivity index (χ1v) is 11.9. The summed E-state index contributed by atoms with van der Waals surface area (Å²) in [6.07, 6.45) is 12.6. The molecule has 0 amide bonds. The molecule has 4 saturated carbocycles. The van der Waals surface area contributed by atoms with Crippen molar-refractivity contribution in [3.8, 4) is 0 Å². The second-order valence-corrected chi connectivity index (χ2v) is 11.2. The molecule has 4 rings (SSSR count). The van der Waals surface area contributed by atoms with Crippen molar-refractivity contribution in [1.82, 2.24) is 0 Å². The van der Waals surface area contributed by atoms with Gasteiger partial charge in [0.1, 0.15) is 5.78 Å². The molecule has 0 N–H and O–H groups in total. The second-order valence-electron chi connectivity index (χ2n) is 11.2. The van der Waals surface area contributed by atoms with Gasteiger partial charge in [-0.1, -0.05) is 33.6 Å². The average Bonchev–Trinajstić information content (AvgIpc) is 3.03. The molecule has 7 unspecified atom stereocenters. The van der Waals surface area contributed by atoms with Crippen LogP contribution < -0.4 is 0 Å². The second kappa shape index (κ2) is 7.43. The number of fused-ring (bicyclic) bond motifs is 5. The van der Waals surface area contributed by atoms with Crippen LogP contribution in [0.2, 0.25) is 0 Å². The Morgan fingerprint density at radius 2 is 1.82 bits per heavy atom. The van der Waals surface area contributed by atoms with Gasteiger partial charge < -0.3 is 4.74 Å². The topological polar surface area (TPSA) is 43.4 Å². The highest BCUT2D eigenvalue weighted by Crippen LogP contribution is 2.67. The van der Waals surface area contributed by atoms with Gasteiger partial charge in [-0.25, -0.2) is 0 Å². The summed E-state index contributed by atoms with van der Waals surface area (Å²) >= 11 is 0. The average molecular weight is 389 g/mol. The van der Waals surface area contributed by atoms with E-state index >= 15 is 0 Å². The Morgan fingerprint density at radius 1 is 1.07 bits per heavy atom. The number of carbonyl (C=O) groups is 2. The van der Waals surface area contributed by atoms with Crippen molar-refractivity contribution in [2.75, 3.05) is 7.11 Å². The Hall–Kier alpha value is -0.860. The van der Waals surface area contributed by atoms with Crippen LogP contribution in [0.15, 0.2) is 0 Å². The van der Waals surface area contributed by atoms with E-state index in [0.717, 1.165) is 12.8 Å². The van der Waals surface area contributed by atoms with E-state index in [4.69, 9.17) is 4.74 Å². The predicted octanol–water partition coefficient (Wildman–Crippen LogP) is 5.80. The van der Waals surface area contributed by atoms with Crippen molar-refractivity contribution in [2.24, 2.45) is 46.3 Å². The maximum absolute atomic E-state index is 13.4. The van der Waals surface area contributed by atoms with Gasteiger partial charge in [0.15, 0.2) is 0 Å². The molecule has 0 radical (unpaired) electrons. The molecule has 0 bridgehead atoms. The summed E-state index contributed by atoms with van der Waals surface area (Å²) < 4.78 is 4.86. The van der Waals surface area contributed by atoms with Crippen LogP contribution in [-0.2, 0) is 14.3 Å². The SMILES string of the molecule is COC(=O)CC[C@@H](C)C1CCC2C3C(=O)CC4CCCCC4(C)C3CCC21C. The van der Waals surface area contributed by atoms with E-state index < -0.39 is 0 Å². The molecule has 0 aromatic heterocycles. The van der Waals surface area contributed by atoms with E-state index in [1.165, 1.54) is 58.5 Å². The minimum Gasteiger partial charge on any atom is -0.469 e. The smallest absolute Gasteiger partial charge is 0.305 e. The van der Waals surface area contributed by atoms with Gasteiger partial charge in [0.25, 0.3) is 0 Å². The van der Waals surface area contributed by atoms with Gasteiger partial charge in [-0.05, 0) is 85.4 Å². The summed E-state index contributed by atoms with van der Waals surface area (Å²) in [6.45, 7) is 7.35. The molecule has 4 aliphatic carbocycles. The van der Waals surface area contributed by atoms with E-state index in [1.54, 1.807) is 0 Å². The fraction of sp³-hybridized carbons (Fsp3) is 0.920. The summed E-state index contributed by atoms with van der Waals surface area (Å²) in [5, 5.41) is 0. The summed E-state index contributed by atoms with van der Waals surface area (Å²) in [4.78, 5) is 25.0. The molecular weight excluding hydrogens is 348 g/mol. The number of ether oxygens (including phenoxy) is 1. The molecule has 158 valence electrons. The third-order valence-electron chi connectivity index (χ3n) is 10.2. The molecule has 0 saturated heterocycles. The molecule has 0 aromatic rings. The number of esters is 1. The van der Waals surface area contributed by atoms with E-state index in [9.17, 15) is 9.59 Å². The van der Waals surface area contributed by atoms with Crippen LogP contribution in [0, 0.1) is 46.3 Å². The summed E-state index contributed by atoms with van der Waals surface area (Å²) in [5.41, 5.74) is 0.691. The Bertz CT molecular complexity index is 627. The largest absolute Gasteiger partial charge is 0.469 e. The zero-order chi connectivity index (χ0) is 20.1. The van der Waals surface area contributed by atoms with Gasteiger partial charge in [-0.3, -0.25) is 9.59 Å². The number of hydrogen-bond donors (Lipinski definition) is 0. The van der Waals surface area contributed by atoms with Crippen LogP contribution in [0.25, 0.3) is 0 Å². The van der Waals surface area contributed by atoms with Gasteiger partial charge in [-0.2, -0.15) is 0 Å². The predicted molar refractivity (Wildman–Crippen MR) is 111 cm³/mol. The van der Waals surface area contributed by atoms with Gasteiger partial charge >= 0.3 is 5.97 Å². The van der Waals surface area contributed by atoms with Crippen LogP contribution in [0.4, 0.5) is 0 Å². The Balaban J connectivity index is 1.54. The Kier molecular flexibility index (Phi) is 5.42. The summed E-state index contributed by atoms with van der Waals surface area (Å²) in [6, 6.07) is 0. The molecule has 0 spiro atoms. The van der Waals surface area contributed by atoms with Gasteiger partial charge in [0.05, 0.1) is 7.11 Å². The molecule has 0 aliphatic heterocycles. The minimum absolute atomic E-state index is 0.0889. The monoisotopic (exact) mass is 388 g/mol. The quantitative estimate of drug-likeness (QED) is 0.571. The molecule has 0 aromatic carbocycles. The zero-order valence-corrected chi connectivity index (χ0v) is 18.5. The van der Waals surface area contributed by atoms with Crippen LogP contribution in [0.5, 0.6) is 0 Å². The lowest BCUT2D eigenvalue weighted by Gasteiger charge is -2.60. The molecule has 4 aliphatic rings. The van der Waals surface area contributed by atoms with E-state index in [0.29, 0.717) is 53.1 Å². The standard InChI is InChI=1S/C25H40O3/c1-16(8-11-22(27)28-4)18-9-10-19-23-20(12-14-25(18,19)3)24(2)13-6-5-7-17(24)15-21(23)26/h16-20,23H,5-15H2,1-4H3/t16-,17?,18?,19?,20?,23?,24?,25?/m1/s1. The van der Waals surface area contributed by atoms with Crippen molar-refractivity contribution >= 4 is 11.8 Å². The first-order chi connectivity index (χ1) is 13.3. The number of Topliss-reactive ketones (excluding diaryl/α,β-unsaturated/α-hetero) is 1. The number of rotatable bonds is 4. The van der Waals surface area contributed by atoms with Gasteiger partial charge in [0.2, 0.25) is 0 Å². The van der Waals surface area contributed by atoms with Crippen LogP contribution in [-0.4, -0.2) is 18.9 Å². The highest BCUT2D eigenvalue weighted by molar-refractivity contribution is 5.83. The molecule has 8 atom stereocenters. The first kappa shape index (κ1) is 20.4. The Labute approximate surface area is 171 Å². The van der Waals surface area contributed by atoms with Gasteiger partial charge in [0, 0.05) is 18.8 Å². The van der Waals surface area contributed by atoms with Crippen LogP contribution >= 0.6 is 0 Å². The van der Waals surface area contributed by atoms with E-state index in [-0.39, 0.29) is 11.4 Å². The van der Waals surface area contributed by atoms with Crippen LogP contribution in [0.3, 0.4) is 0 Å². The third-order valence-corrected chi connectivity index (χ3v) is 10.2. The first-order valence-electron chi connectivity index (χ1n) is 11.9. The molecule has 3 heteroatoms. The van der Waals surface area contributed by atoms with Crippen molar-refractivity contribution in [3.63, 3.8) is 0 Å². The maximum Gasteiger partial charge on any atom is 0.305 e. The summed E-state index contributed by atoms with van der Waals surface area (Å²) in [7, 11) is 1.48. The minimum atomic E-state index is -0.0889. The Morgan fingerprint density at radius 3 is 2.57 bits per heavy atom. The molecule has 4 fully saturated rings. The molecule has 0 heterocycles. The number of methoxy groups -OCH3 is 1. The van der Waals surface area contributed by atoms with Crippen molar-refractivity contribution in [3.05, 3.63) is 0 Å². The lowest BCUT2D eigenvalue weighted by molar-refractivity contribution is -0.156. The fourth-order valence-electron chi connectivity index (χ4n) is 8.59. The van der Waals surface area contributed by atoms with Gasteiger partial charge in [-0.15, -0.1) is 0 Å². The lowest BCUT2D eigenvalue weighted by atomic mass is 9.44. The maximum atomic E-state index is 13.4. The highest BCUT2D eigenvalue weighted by Gasteiger charge is 2.62. The molecular formula is C25H40O3. The van der Waals surface area contributed by atoms with Crippen molar-refractivity contribution in [2.45, 2.75) is 91.4 Å². The lowest BCUT2D eigenvalue weighted by Crippen LogP contribution is -2.56. The van der Waals surface area contributed by atoms with E-state index in [1.807, 2.05) is 0 Å². The van der Waals surface area contributed by atoms with E-state index in [2.05, 4.69) is 20.8 Å². The molecule has 28 heavy (non-hydrogen) atoms. The normalized spacial score (nSPS) is 46.3. The zero-order valence-electron chi connectivity index (χ0n) is 18.5.